The van der Waals surface area contributed by atoms with Gasteiger partial charge < -0.3 is 19.7 Å². The van der Waals surface area contributed by atoms with Gasteiger partial charge in [-0.3, -0.25) is 9.59 Å². The third-order valence-corrected chi connectivity index (χ3v) is 4.94. The fraction of sp³-hybridized carbons (Fsp3) is 0.350. The van der Waals surface area contributed by atoms with Crippen LogP contribution >= 0.6 is 15.9 Å². The number of rotatable bonds is 8. The van der Waals surface area contributed by atoms with Crippen molar-refractivity contribution < 1.29 is 19.1 Å². The Morgan fingerprint density at radius 1 is 1.32 bits per heavy atom. The summed E-state index contributed by atoms with van der Waals surface area (Å²) in [6, 6.07) is 11.1. The van der Waals surface area contributed by atoms with Gasteiger partial charge in [0.15, 0.2) is 0 Å². The number of amides is 2. The van der Waals surface area contributed by atoms with Gasteiger partial charge >= 0.3 is 0 Å². The second-order valence-electron chi connectivity index (χ2n) is 6.41. The molecule has 2 amide bonds. The molecule has 0 spiro atoms. The van der Waals surface area contributed by atoms with Crippen LogP contribution in [0.1, 0.15) is 12.0 Å². The number of carbonyl (C=O) groups is 2. The van der Waals surface area contributed by atoms with E-state index in [1.165, 1.54) is 0 Å². The van der Waals surface area contributed by atoms with Gasteiger partial charge in [-0.1, -0.05) is 28.1 Å². The normalized spacial score (nSPS) is 16.3. The average Bonchev–Trinajstić information content (AvgIpc) is 3.09. The monoisotopic (exact) mass is 447 g/mol. The molecule has 8 heteroatoms. The van der Waals surface area contributed by atoms with Gasteiger partial charge in [-0.25, -0.2) is 4.98 Å². The molecule has 1 aliphatic rings. The van der Waals surface area contributed by atoms with Gasteiger partial charge in [0.2, 0.25) is 17.7 Å². The SMILES string of the molecule is COCCOc1ncccc1CNC(=O)C1CC(=O)N(c2cccc(Br)c2)C1. The van der Waals surface area contributed by atoms with Crippen molar-refractivity contribution in [1.29, 1.82) is 0 Å². The standard InChI is InChI=1S/C20H22BrN3O4/c1-27-8-9-28-20-14(4-3-7-22-20)12-23-19(26)15-10-18(25)24(13-15)17-6-2-5-16(21)11-17/h2-7,11,15H,8-10,12-13H2,1H3,(H,23,26). The minimum atomic E-state index is -0.388. The first-order valence-corrected chi connectivity index (χ1v) is 9.77. The summed E-state index contributed by atoms with van der Waals surface area (Å²) in [6.07, 6.45) is 1.83. The van der Waals surface area contributed by atoms with Gasteiger partial charge in [0.25, 0.3) is 0 Å². The Kier molecular flexibility index (Phi) is 7.00. The highest BCUT2D eigenvalue weighted by Crippen LogP contribution is 2.27. The van der Waals surface area contributed by atoms with Crippen molar-refractivity contribution in [1.82, 2.24) is 10.3 Å². The lowest BCUT2D eigenvalue weighted by atomic mass is 10.1. The molecule has 0 radical (unpaired) electrons. The zero-order valence-electron chi connectivity index (χ0n) is 15.6. The molecule has 2 aromatic rings. The van der Waals surface area contributed by atoms with Crippen molar-refractivity contribution in [2.45, 2.75) is 13.0 Å². The van der Waals surface area contributed by atoms with E-state index in [4.69, 9.17) is 9.47 Å². The second kappa shape index (κ2) is 9.66. The Morgan fingerprint density at radius 3 is 2.96 bits per heavy atom. The van der Waals surface area contributed by atoms with E-state index >= 15 is 0 Å². The number of nitrogens with one attached hydrogen (secondary N) is 1. The summed E-state index contributed by atoms with van der Waals surface area (Å²) in [7, 11) is 1.60. The van der Waals surface area contributed by atoms with Crippen molar-refractivity contribution in [2.75, 3.05) is 31.8 Å². The number of halogens is 1. The highest BCUT2D eigenvalue weighted by molar-refractivity contribution is 9.10. The van der Waals surface area contributed by atoms with Crippen LogP contribution in [0.5, 0.6) is 5.88 Å². The molecule has 2 heterocycles. The van der Waals surface area contributed by atoms with E-state index in [1.807, 2.05) is 30.3 Å². The van der Waals surface area contributed by atoms with Crippen LogP contribution in [0.15, 0.2) is 47.1 Å². The molecule has 28 heavy (non-hydrogen) atoms. The quantitative estimate of drug-likeness (QED) is 0.628. The Labute approximate surface area is 172 Å². The molecule has 1 fully saturated rings. The maximum absolute atomic E-state index is 12.6. The molecule has 1 N–H and O–H groups in total. The lowest BCUT2D eigenvalue weighted by molar-refractivity contribution is -0.126. The van der Waals surface area contributed by atoms with Crippen LogP contribution in [0.2, 0.25) is 0 Å². The largest absolute Gasteiger partial charge is 0.475 e. The molecule has 0 saturated carbocycles. The maximum atomic E-state index is 12.6. The summed E-state index contributed by atoms with van der Waals surface area (Å²) in [6.45, 7) is 1.49. The van der Waals surface area contributed by atoms with Gasteiger partial charge in [-0.15, -0.1) is 0 Å². The molecule has 0 aliphatic carbocycles. The second-order valence-corrected chi connectivity index (χ2v) is 7.33. The third-order valence-electron chi connectivity index (χ3n) is 4.44. The predicted molar refractivity (Wildman–Crippen MR) is 108 cm³/mol. The van der Waals surface area contributed by atoms with Crippen molar-refractivity contribution >= 4 is 33.4 Å². The van der Waals surface area contributed by atoms with Crippen molar-refractivity contribution in [3.05, 3.63) is 52.6 Å². The zero-order valence-corrected chi connectivity index (χ0v) is 17.1. The topological polar surface area (TPSA) is 80.8 Å². The lowest BCUT2D eigenvalue weighted by Gasteiger charge is -2.17. The van der Waals surface area contributed by atoms with E-state index in [0.717, 1.165) is 15.7 Å². The Balaban J connectivity index is 1.58. The number of methoxy groups -OCH3 is 1. The maximum Gasteiger partial charge on any atom is 0.227 e. The molecule has 148 valence electrons. The minimum absolute atomic E-state index is 0.0526. The van der Waals surface area contributed by atoms with Crippen LogP contribution in [-0.4, -0.2) is 43.7 Å². The summed E-state index contributed by atoms with van der Waals surface area (Å²) in [5, 5.41) is 2.90. The van der Waals surface area contributed by atoms with Crippen LogP contribution < -0.4 is 15.0 Å². The van der Waals surface area contributed by atoms with Crippen molar-refractivity contribution in [2.24, 2.45) is 5.92 Å². The molecule has 3 rings (SSSR count). The molecule has 1 unspecified atom stereocenters. The molecule has 1 aromatic carbocycles. The molecule has 0 bridgehead atoms. The highest BCUT2D eigenvalue weighted by Gasteiger charge is 2.35. The van der Waals surface area contributed by atoms with Gasteiger partial charge in [0.1, 0.15) is 6.61 Å². The first-order valence-electron chi connectivity index (χ1n) is 8.97. The fourth-order valence-corrected chi connectivity index (χ4v) is 3.40. The molecule has 1 aliphatic heterocycles. The van der Waals surface area contributed by atoms with Crippen molar-refractivity contribution in [3.63, 3.8) is 0 Å². The summed E-state index contributed by atoms with van der Waals surface area (Å²) in [5.41, 5.74) is 1.57. The minimum Gasteiger partial charge on any atom is -0.475 e. The summed E-state index contributed by atoms with van der Waals surface area (Å²) in [4.78, 5) is 30.8. The van der Waals surface area contributed by atoms with E-state index in [0.29, 0.717) is 25.6 Å². The number of benzene rings is 1. The average molecular weight is 448 g/mol. The third kappa shape index (κ3) is 5.08. The van der Waals surface area contributed by atoms with Gasteiger partial charge in [-0.2, -0.15) is 0 Å². The summed E-state index contributed by atoms with van der Waals surface area (Å²) in [5.74, 6) is -0.125. The van der Waals surface area contributed by atoms with E-state index in [2.05, 4.69) is 26.2 Å². The Hall–Kier alpha value is -2.45. The number of hydrogen-bond donors (Lipinski definition) is 1. The number of nitrogens with zero attached hydrogens (tertiary/aromatic N) is 2. The van der Waals surface area contributed by atoms with Crippen molar-refractivity contribution in [3.8, 4) is 5.88 Å². The number of carbonyl (C=O) groups excluding carboxylic acids is 2. The smallest absolute Gasteiger partial charge is 0.227 e. The number of hydrogen-bond acceptors (Lipinski definition) is 5. The van der Waals surface area contributed by atoms with E-state index < -0.39 is 0 Å². The number of anilines is 1. The molecule has 1 saturated heterocycles. The Morgan fingerprint density at radius 2 is 2.18 bits per heavy atom. The van der Waals surface area contributed by atoms with Crippen LogP contribution in [0.4, 0.5) is 5.69 Å². The number of ether oxygens (including phenoxy) is 2. The molecule has 7 nitrogen and oxygen atoms in total. The Bertz CT molecular complexity index is 846. The molecular formula is C20H22BrN3O4. The van der Waals surface area contributed by atoms with E-state index in [1.54, 1.807) is 24.3 Å². The molecule has 1 aromatic heterocycles. The summed E-state index contributed by atoms with van der Waals surface area (Å²) >= 11 is 3.41. The van der Waals surface area contributed by atoms with Gasteiger partial charge in [0, 0.05) is 48.5 Å². The predicted octanol–water partition coefficient (Wildman–Crippen LogP) is 2.54. The van der Waals surface area contributed by atoms with Gasteiger partial charge in [0.05, 0.1) is 12.5 Å². The first-order chi connectivity index (χ1) is 13.6. The fourth-order valence-electron chi connectivity index (χ4n) is 3.01. The van der Waals surface area contributed by atoms with Crippen LogP contribution in [0.25, 0.3) is 0 Å². The lowest BCUT2D eigenvalue weighted by Crippen LogP contribution is -2.32. The molecular weight excluding hydrogens is 426 g/mol. The van der Waals surface area contributed by atoms with Crippen LogP contribution in [-0.2, 0) is 20.9 Å². The van der Waals surface area contributed by atoms with Crippen LogP contribution in [0, 0.1) is 5.92 Å². The van der Waals surface area contributed by atoms with Gasteiger partial charge in [-0.05, 0) is 24.3 Å². The number of pyridine rings is 1. The zero-order chi connectivity index (χ0) is 19.9. The summed E-state index contributed by atoms with van der Waals surface area (Å²) < 4.78 is 11.4. The first kappa shape index (κ1) is 20.3. The number of aromatic nitrogens is 1. The molecule has 1 atom stereocenters. The highest BCUT2D eigenvalue weighted by atomic mass is 79.9. The van der Waals surface area contributed by atoms with Crippen LogP contribution in [0.3, 0.4) is 0 Å². The van der Waals surface area contributed by atoms with E-state index in [-0.39, 0.29) is 30.7 Å². The van der Waals surface area contributed by atoms with E-state index in [9.17, 15) is 9.59 Å².